The maximum Gasteiger partial charge on any atom is 0.336 e. The summed E-state index contributed by atoms with van der Waals surface area (Å²) in [6.45, 7) is 8.28. The summed E-state index contributed by atoms with van der Waals surface area (Å²) in [4.78, 5) is 15.4. The molecule has 2 N–H and O–H groups in total. The van der Waals surface area contributed by atoms with Crippen molar-refractivity contribution < 1.29 is 14.3 Å². The van der Waals surface area contributed by atoms with Crippen molar-refractivity contribution in [3.8, 4) is 0 Å². The number of piperazine rings is 1. The van der Waals surface area contributed by atoms with Gasteiger partial charge in [0.1, 0.15) is 5.82 Å². The molecule has 0 radical (unpaired) electrons. The van der Waals surface area contributed by atoms with Crippen LogP contribution < -0.4 is 9.80 Å². The van der Waals surface area contributed by atoms with E-state index in [2.05, 4.69) is 15.1 Å². The number of hydrogen-bond acceptors (Lipinski definition) is 4. The Morgan fingerprint density at radius 1 is 1.17 bits per heavy atom. The number of carboxylic acids is 1. The quantitative estimate of drug-likeness (QED) is 0.903. The van der Waals surface area contributed by atoms with Crippen molar-refractivity contribution in [2.24, 2.45) is 0 Å². The van der Waals surface area contributed by atoms with Gasteiger partial charge in [0.05, 0.1) is 28.3 Å². The Morgan fingerprint density at radius 3 is 2.33 bits per heavy atom. The maximum atomic E-state index is 14.3. The molecule has 24 heavy (non-hydrogen) atoms. The minimum absolute atomic E-state index is 0.148. The van der Waals surface area contributed by atoms with Crippen LogP contribution in [-0.4, -0.2) is 47.5 Å². The summed E-state index contributed by atoms with van der Waals surface area (Å²) in [5.41, 5.74) is 4.03. The van der Waals surface area contributed by atoms with Gasteiger partial charge in [-0.2, -0.15) is 5.10 Å². The average molecular weight is 332 g/mol. The average Bonchev–Trinajstić information content (AvgIpc) is 2.86. The van der Waals surface area contributed by atoms with Gasteiger partial charge in [-0.15, -0.1) is 0 Å². The van der Waals surface area contributed by atoms with Gasteiger partial charge in [-0.25, -0.2) is 9.18 Å². The molecule has 0 spiro atoms. The summed E-state index contributed by atoms with van der Waals surface area (Å²) in [7, 11) is 0. The minimum Gasteiger partial charge on any atom is -0.478 e. The molecular formula is C17H21FN4O2. The van der Waals surface area contributed by atoms with Crippen molar-refractivity contribution in [3.63, 3.8) is 0 Å². The molecule has 1 fully saturated rings. The van der Waals surface area contributed by atoms with E-state index in [1.54, 1.807) is 6.92 Å². The van der Waals surface area contributed by atoms with Crippen LogP contribution in [0.3, 0.4) is 0 Å². The van der Waals surface area contributed by atoms with Crippen LogP contribution in [0.5, 0.6) is 0 Å². The molecule has 1 aliphatic rings. The van der Waals surface area contributed by atoms with E-state index in [9.17, 15) is 14.3 Å². The highest BCUT2D eigenvalue weighted by Crippen LogP contribution is 2.28. The van der Waals surface area contributed by atoms with E-state index in [-0.39, 0.29) is 11.4 Å². The number of rotatable bonds is 3. The van der Waals surface area contributed by atoms with E-state index in [4.69, 9.17) is 0 Å². The summed E-state index contributed by atoms with van der Waals surface area (Å²) < 4.78 is 14.3. The van der Waals surface area contributed by atoms with Crippen LogP contribution in [0, 0.1) is 26.6 Å². The monoisotopic (exact) mass is 332 g/mol. The number of anilines is 2. The molecule has 128 valence electrons. The number of carboxylic acid groups (broad SMARTS) is 1. The molecule has 0 bridgehead atoms. The van der Waals surface area contributed by atoms with Gasteiger partial charge in [-0.05, 0) is 38.5 Å². The first kappa shape index (κ1) is 16.3. The van der Waals surface area contributed by atoms with Gasteiger partial charge in [0, 0.05) is 26.2 Å². The molecule has 6 nitrogen and oxygen atoms in total. The van der Waals surface area contributed by atoms with Crippen LogP contribution in [-0.2, 0) is 0 Å². The van der Waals surface area contributed by atoms with Crippen molar-refractivity contribution in [2.45, 2.75) is 20.8 Å². The first-order valence-electron chi connectivity index (χ1n) is 7.93. The fourth-order valence-corrected chi connectivity index (χ4v) is 3.32. The third-order valence-electron chi connectivity index (χ3n) is 4.55. The molecule has 2 heterocycles. The number of hydrogen-bond donors (Lipinski definition) is 2. The summed E-state index contributed by atoms with van der Waals surface area (Å²) in [6.07, 6.45) is 0. The summed E-state index contributed by atoms with van der Waals surface area (Å²) in [6, 6.07) is 2.74. The zero-order chi connectivity index (χ0) is 17.4. The molecular weight excluding hydrogens is 311 g/mol. The van der Waals surface area contributed by atoms with Crippen molar-refractivity contribution in [2.75, 3.05) is 36.0 Å². The number of aryl methyl sites for hydroxylation is 3. The molecule has 0 unspecified atom stereocenters. The number of halogens is 1. The number of benzene rings is 1. The van der Waals surface area contributed by atoms with Gasteiger partial charge in [0.15, 0.2) is 0 Å². The van der Waals surface area contributed by atoms with Gasteiger partial charge in [0.2, 0.25) is 0 Å². The number of carbonyl (C=O) groups is 1. The molecule has 1 saturated heterocycles. The second-order valence-electron chi connectivity index (χ2n) is 6.18. The van der Waals surface area contributed by atoms with Crippen molar-refractivity contribution in [1.29, 1.82) is 0 Å². The number of nitrogens with zero attached hydrogens (tertiary/aromatic N) is 3. The van der Waals surface area contributed by atoms with Crippen LogP contribution >= 0.6 is 0 Å². The molecule has 7 heteroatoms. The minimum atomic E-state index is -1.03. The van der Waals surface area contributed by atoms with Crippen molar-refractivity contribution >= 4 is 17.3 Å². The van der Waals surface area contributed by atoms with E-state index in [0.29, 0.717) is 24.3 Å². The van der Waals surface area contributed by atoms with E-state index >= 15 is 0 Å². The lowest BCUT2D eigenvalue weighted by molar-refractivity contribution is 0.0696. The number of aromatic nitrogens is 2. The number of aromatic carboxylic acids is 1. The molecule has 1 aromatic carbocycles. The molecule has 0 atom stereocenters. The lowest BCUT2D eigenvalue weighted by Gasteiger charge is -2.37. The van der Waals surface area contributed by atoms with Crippen LogP contribution in [0.15, 0.2) is 12.1 Å². The first-order chi connectivity index (χ1) is 11.4. The maximum absolute atomic E-state index is 14.3. The van der Waals surface area contributed by atoms with Gasteiger partial charge in [-0.3, -0.25) is 5.10 Å². The Hall–Kier alpha value is -2.57. The Balaban J connectivity index is 1.80. The SMILES string of the molecule is Cc1cc(F)c(N2CCN(c3c(C)n[nH]c3C)CC2)cc1C(=O)O. The fraction of sp³-hybridized carbons (Fsp3) is 0.412. The van der Waals surface area contributed by atoms with Gasteiger partial charge < -0.3 is 14.9 Å². The topological polar surface area (TPSA) is 72.5 Å². The van der Waals surface area contributed by atoms with E-state index < -0.39 is 5.97 Å². The van der Waals surface area contributed by atoms with Gasteiger partial charge in [-0.1, -0.05) is 0 Å². The zero-order valence-corrected chi connectivity index (χ0v) is 14.1. The lowest BCUT2D eigenvalue weighted by atomic mass is 10.1. The summed E-state index contributed by atoms with van der Waals surface area (Å²) >= 11 is 0. The number of aromatic amines is 1. The zero-order valence-electron chi connectivity index (χ0n) is 14.1. The largest absolute Gasteiger partial charge is 0.478 e. The molecule has 1 aliphatic heterocycles. The van der Waals surface area contributed by atoms with E-state index in [0.717, 1.165) is 30.2 Å². The molecule has 0 amide bonds. The fourth-order valence-electron chi connectivity index (χ4n) is 3.32. The second-order valence-corrected chi connectivity index (χ2v) is 6.18. The highest BCUT2D eigenvalue weighted by molar-refractivity contribution is 5.90. The smallest absolute Gasteiger partial charge is 0.336 e. The molecule has 3 rings (SSSR count). The van der Waals surface area contributed by atoms with Gasteiger partial charge in [0.25, 0.3) is 0 Å². The predicted octanol–water partition coefficient (Wildman–Crippen LogP) is 2.50. The summed E-state index contributed by atoms with van der Waals surface area (Å²) in [5, 5.41) is 16.4. The summed E-state index contributed by atoms with van der Waals surface area (Å²) in [5.74, 6) is -1.40. The second kappa shape index (κ2) is 6.14. The molecule has 0 aliphatic carbocycles. The Bertz CT molecular complexity index is 760. The standard InChI is InChI=1S/C17H21FN4O2/c1-10-8-14(18)15(9-13(10)17(23)24)21-4-6-22(7-5-21)16-11(2)19-20-12(16)3/h8-9H,4-7H2,1-3H3,(H,19,20)(H,23,24). The highest BCUT2D eigenvalue weighted by atomic mass is 19.1. The molecule has 0 saturated carbocycles. The van der Waals surface area contributed by atoms with Crippen LogP contribution in [0.25, 0.3) is 0 Å². The Labute approximate surface area is 139 Å². The van der Waals surface area contributed by atoms with Crippen LogP contribution in [0.1, 0.15) is 27.3 Å². The number of H-pyrrole nitrogens is 1. The number of nitrogens with one attached hydrogen (secondary N) is 1. The lowest BCUT2D eigenvalue weighted by Crippen LogP contribution is -2.47. The highest BCUT2D eigenvalue weighted by Gasteiger charge is 2.24. The first-order valence-corrected chi connectivity index (χ1v) is 7.93. The van der Waals surface area contributed by atoms with Crippen LogP contribution in [0.4, 0.5) is 15.8 Å². The third kappa shape index (κ3) is 2.81. The van der Waals surface area contributed by atoms with Crippen LogP contribution in [0.2, 0.25) is 0 Å². The predicted molar refractivity (Wildman–Crippen MR) is 90.6 cm³/mol. The molecule has 2 aromatic rings. The normalized spacial score (nSPS) is 15.0. The Kier molecular flexibility index (Phi) is 4.17. The van der Waals surface area contributed by atoms with E-state index in [1.807, 2.05) is 18.7 Å². The van der Waals surface area contributed by atoms with E-state index in [1.165, 1.54) is 12.1 Å². The van der Waals surface area contributed by atoms with Crippen molar-refractivity contribution in [1.82, 2.24) is 10.2 Å². The third-order valence-corrected chi connectivity index (χ3v) is 4.55. The Morgan fingerprint density at radius 2 is 1.79 bits per heavy atom. The van der Waals surface area contributed by atoms with Gasteiger partial charge >= 0.3 is 5.97 Å². The molecule has 1 aromatic heterocycles. The van der Waals surface area contributed by atoms with Crippen molar-refractivity contribution in [3.05, 3.63) is 40.5 Å².